The number of anilines is 1. The summed E-state index contributed by atoms with van der Waals surface area (Å²) < 4.78 is 4.62. The Morgan fingerprint density at radius 2 is 2.05 bits per heavy atom. The lowest BCUT2D eigenvalue weighted by atomic mass is 10.1. The normalized spacial score (nSPS) is 14.7. The minimum atomic E-state index is -0.166. The third kappa shape index (κ3) is 3.96. The summed E-state index contributed by atoms with van der Waals surface area (Å²) in [5.74, 6) is -0.166. The van der Waals surface area contributed by atoms with Gasteiger partial charge >= 0.3 is 5.97 Å². The molecule has 0 amide bonds. The van der Waals surface area contributed by atoms with E-state index in [1.807, 2.05) is 0 Å². The van der Waals surface area contributed by atoms with Gasteiger partial charge in [0.25, 0.3) is 0 Å². The van der Waals surface area contributed by atoms with E-state index < -0.39 is 0 Å². The van der Waals surface area contributed by atoms with E-state index in [4.69, 9.17) is 0 Å². The molecule has 1 aliphatic heterocycles. The molecular formula is C15H22N2O2. The van der Waals surface area contributed by atoms with Crippen molar-refractivity contribution < 1.29 is 9.53 Å². The van der Waals surface area contributed by atoms with Crippen LogP contribution in [0, 0.1) is 0 Å². The van der Waals surface area contributed by atoms with Crippen LogP contribution in [0.1, 0.15) is 24.8 Å². The number of methoxy groups -OCH3 is 1. The minimum Gasteiger partial charge on any atom is -0.469 e. The average molecular weight is 262 g/mol. The molecule has 1 saturated heterocycles. The highest BCUT2D eigenvalue weighted by atomic mass is 16.5. The van der Waals surface area contributed by atoms with Gasteiger partial charge in [0, 0.05) is 31.9 Å². The Bertz CT molecular complexity index is 414. The molecule has 0 aromatic heterocycles. The van der Waals surface area contributed by atoms with Crippen molar-refractivity contribution in [1.29, 1.82) is 0 Å². The van der Waals surface area contributed by atoms with Crippen LogP contribution in [0.25, 0.3) is 0 Å². The van der Waals surface area contributed by atoms with E-state index in [-0.39, 0.29) is 5.97 Å². The zero-order chi connectivity index (χ0) is 13.5. The summed E-state index contributed by atoms with van der Waals surface area (Å²) in [6.07, 6.45) is 2.98. The Morgan fingerprint density at radius 3 is 2.79 bits per heavy atom. The molecule has 1 aromatic carbocycles. The number of rotatable bonds is 6. The molecule has 0 spiro atoms. The second-order valence-electron chi connectivity index (χ2n) is 4.83. The Hall–Kier alpha value is -1.55. The van der Waals surface area contributed by atoms with E-state index in [2.05, 4.69) is 39.2 Å². The van der Waals surface area contributed by atoms with Crippen LogP contribution < -0.4 is 10.2 Å². The van der Waals surface area contributed by atoms with E-state index in [9.17, 15) is 4.79 Å². The second-order valence-corrected chi connectivity index (χ2v) is 4.83. The van der Waals surface area contributed by atoms with Crippen molar-refractivity contribution in [2.24, 2.45) is 0 Å². The molecule has 0 atom stereocenters. The molecule has 4 nitrogen and oxygen atoms in total. The van der Waals surface area contributed by atoms with Gasteiger partial charge in [-0.1, -0.05) is 18.2 Å². The first-order chi connectivity index (χ1) is 9.31. The van der Waals surface area contributed by atoms with Crippen molar-refractivity contribution in [3.63, 3.8) is 0 Å². The van der Waals surface area contributed by atoms with Crippen molar-refractivity contribution in [3.05, 3.63) is 29.8 Å². The van der Waals surface area contributed by atoms with E-state index in [1.165, 1.54) is 31.2 Å². The van der Waals surface area contributed by atoms with Crippen LogP contribution in [-0.4, -0.2) is 32.7 Å². The van der Waals surface area contributed by atoms with Gasteiger partial charge in [-0.3, -0.25) is 4.79 Å². The van der Waals surface area contributed by atoms with Gasteiger partial charge in [0.1, 0.15) is 0 Å². The Labute approximate surface area is 114 Å². The molecule has 1 fully saturated rings. The van der Waals surface area contributed by atoms with Crippen LogP contribution >= 0.6 is 0 Å². The summed E-state index contributed by atoms with van der Waals surface area (Å²) in [6, 6.07) is 8.49. The molecule has 0 bridgehead atoms. The lowest BCUT2D eigenvalue weighted by molar-refractivity contribution is -0.140. The van der Waals surface area contributed by atoms with Crippen LogP contribution in [0.4, 0.5) is 5.69 Å². The van der Waals surface area contributed by atoms with Gasteiger partial charge in [-0.15, -0.1) is 0 Å². The first-order valence-corrected chi connectivity index (χ1v) is 6.91. The van der Waals surface area contributed by atoms with Crippen molar-refractivity contribution >= 4 is 11.7 Å². The molecule has 19 heavy (non-hydrogen) atoms. The second kappa shape index (κ2) is 7.14. The third-order valence-electron chi connectivity index (χ3n) is 3.49. The number of esters is 1. The maximum absolute atomic E-state index is 11.0. The summed E-state index contributed by atoms with van der Waals surface area (Å²) in [4.78, 5) is 13.5. The highest BCUT2D eigenvalue weighted by molar-refractivity contribution is 5.69. The SMILES string of the molecule is COC(=O)CCNCc1ccccc1N1CCCC1. The lowest BCUT2D eigenvalue weighted by Gasteiger charge is -2.21. The lowest BCUT2D eigenvalue weighted by Crippen LogP contribution is -2.23. The number of ether oxygens (including phenoxy) is 1. The monoisotopic (exact) mass is 262 g/mol. The topological polar surface area (TPSA) is 41.6 Å². The number of nitrogens with one attached hydrogen (secondary N) is 1. The van der Waals surface area contributed by atoms with Crippen LogP contribution in [0.5, 0.6) is 0 Å². The average Bonchev–Trinajstić information content (AvgIpc) is 2.97. The van der Waals surface area contributed by atoms with Gasteiger partial charge < -0.3 is 15.0 Å². The van der Waals surface area contributed by atoms with Gasteiger partial charge in [-0.2, -0.15) is 0 Å². The summed E-state index contributed by atoms with van der Waals surface area (Å²) in [5, 5.41) is 3.30. The molecule has 2 rings (SSSR count). The quantitative estimate of drug-likeness (QED) is 0.628. The first kappa shape index (κ1) is 13.9. The number of hydrogen-bond acceptors (Lipinski definition) is 4. The van der Waals surface area contributed by atoms with Gasteiger partial charge in [0.05, 0.1) is 13.5 Å². The van der Waals surface area contributed by atoms with Crippen molar-refractivity contribution in [2.75, 3.05) is 31.6 Å². The Kier molecular flexibility index (Phi) is 5.21. The van der Waals surface area contributed by atoms with Crippen molar-refractivity contribution in [1.82, 2.24) is 5.32 Å². The van der Waals surface area contributed by atoms with Crippen molar-refractivity contribution in [3.8, 4) is 0 Å². The van der Waals surface area contributed by atoms with Crippen LogP contribution in [0.3, 0.4) is 0 Å². The minimum absolute atomic E-state index is 0.166. The number of carbonyl (C=O) groups excluding carboxylic acids is 1. The highest BCUT2D eigenvalue weighted by Crippen LogP contribution is 2.24. The predicted octanol–water partition coefficient (Wildman–Crippen LogP) is 1.94. The van der Waals surface area contributed by atoms with E-state index >= 15 is 0 Å². The van der Waals surface area contributed by atoms with Gasteiger partial charge in [0.15, 0.2) is 0 Å². The van der Waals surface area contributed by atoms with Crippen LogP contribution in [0.2, 0.25) is 0 Å². The molecule has 0 aliphatic carbocycles. The van der Waals surface area contributed by atoms with Crippen molar-refractivity contribution in [2.45, 2.75) is 25.8 Å². The maximum atomic E-state index is 11.0. The fourth-order valence-corrected chi connectivity index (χ4v) is 2.44. The fraction of sp³-hybridized carbons (Fsp3) is 0.533. The molecule has 0 saturated carbocycles. The number of nitrogens with zero attached hydrogens (tertiary/aromatic N) is 1. The number of para-hydroxylation sites is 1. The van der Waals surface area contributed by atoms with E-state index in [0.29, 0.717) is 13.0 Å². The van der Waals surface area contributed by atoms with Crippen LogP contribution in [-0.2, 0) is 16.1 Å². The predicted molar refractivity (Wildman–Crippen MR) is 76.2 cm³/mol. The zero-order valence-electron chi connectivity index (χ0n) is 11.5. The van der Waals surface area contributed by atoms with Gasteiger partial charge in [-0.25, -0.2) is 0 Å². The molecular weight excluding hydrogens is 240 g/mol. The zero-order valence-corrected chi connectivity index (χ0v) is 11.5. The Balaban J connectivity index is 1.87. The van der Waals surface area contributed by atoms with Gasteiger partial charge in [0.2, 0.25) is 0 Å². The first-order valence-electron chi connectivity index (χ1n) is 6.91. The molecule has 4 heteroatoms. The molecule has 1 aromatic rings. The van der Waals surface area contributed by atoms with E-state index in [1.54, 1.807) is 0 Å². The summed E-state index contributed by atoms with van der Waals surface area (Å²) in [5.41, 5.74) is 2.62. The molecule has 1 aliphatic rings. The number of benzene rings is 1. The molecule has 0 radical (unpaired) electrons. The molecule has 1 N–H and O–H groups in total. The van der Waals surface area contributed by atoms with E-state index in [0.717, 1.165) is 19.6 Å². The number of hydrogen-bond donors (Lipinski definition) is 1. The number of carbonyl (C=O) groups is 1. The summed E-state index contributed by atoms with van der Waals surface area (Å²) in [6.45, 7) is 3.75. The summed E-state index contributed by atoms with van der Waals surface area (Å²) in [7, 11) is 1.42. The molecule has 1 heterocycles. The molecule has 104 valence electrons. The fourth-order valence-electron chi connectivity index (χ4n) is 2.44. The highest BCUT2D eigenvalue weighted by Gasteiger charge is 2.14. The van der Waals surface area contributed by atoms with Crippen LogP contribution in [0.15, 0.2) is 24.3 Å². The maximum Gasteiger partial charge on any atom is 0.306 e. The third-order valence-corrected chi connectivity index (χ3v) is 3.49. The van der Waals surface area contributed by atoms with Gasteiger partial charge in [-0.05, 0) is 24.5 Å². The standard InChI is InChI=1S/C15H22N2O2/c1-19-15(18)8-9-16-12-13-6-2-3-7-14(13)17-10-4-5-11-17/h2-3,6-7,16H,4-5,8-12H2,1H3. The smallest absolute Gasteiger partial charge is 0.306 e. The Morgan fingerprint density at radius 1 is 1.32 bits per heavy atom. The summed E-state index contributed by atoms with van der Waals surface area (Å²) >= 11 is 0. The molecule has 0 unspecified atom stereocenters. The largest absolute Gasteiger partial charge is 0.469 e.